The lowest BCUT2D eigenvalue weighted by Gasteiger charge is -2.20. The van der Waals surface area contributed by atoms with Gasteiger partial charge in [0, 0.05) is 25.9 Å². The van der Waals surface area contributed by atoms with Crippen LogP contribution < -0.4 is 16.6 Å². The number of aromatic nitrogens is 2. The van der Waals surface area contributed by atoms with Gasteiger partial charge in [0.25, 0.3) is 11.5 Å². The second-order valence-corrected chi connectivity index (χ2v) is 5.99. The summed E-state index contributed by atoms with van der Waals surface area (Å²) in [5, 5.41) is 2.78. The number of nitrogens with zero attached hydrogens (tertiary/aromatic N) is 3. The van der Waals surface area contributed by atoms with E-state index in [2.05, 4.69) is 5.32 Å². The Morgan fingerprint density at radius 1 is 1.09 bits per heavy atom. The SMILES string of the molecule is Cn1c(CN2C(=O)NC3(CCCC3)C2=O)cc(=O)n(C)c1=O. The maximum absolute atomic E-state index is 12.6. The van der Waals surface area contributed by atoms with Crippen molar-refractivity contribution in [2.24, 2.45) is 14.1 Å². The number of imide groups is 1. The van der Waals surface area contributed by atoms with Gasteiger partial charge < -0.3 is 5.32 Å². The van der Waals surface area contributed by atoms with E-state index in [-0.39, 0.29) is 12.5 Å². The van der Waals surface area contributed by atoms with Gasteiger partial charge in [-0.1, -0.05) is 12.8 Å². The molecule has 1 N–H and O–H groups in total. The van der Waals surface area contributed by atoms with E-state index in [4.69, 9.17) is 0 Å². The molecule has 0 bridgehead atoms. The van der Waals surface area contributed by atoms with Crippen LogP contribution in [0.5, 0.6) is 0 Å². The molecule has 2 heterocycles. The van der Waals surface area contributed by atoms with E-state index >= 15 is 0 Å². The second-order valence-electron chi connectivity index (χ2n) is 5.99. The van der Waals surface area contributed by atoms with E-state index in [9.17, 15) is 19.2 Å². The van der Waals surface area contributed by atoms with Crippen molar-refractivity contribution in [3.63, 3.8) is 0 Å². The van der Waals surface area contributed by atoms with Crippen LogP contribution in [0.3, 0.4) is 0 Å². The van der Waals surface area contributed by atoms with Crippen molar-refractivity contribution < 1.29 is 9.59 Å². The molecule has 0 atom stereocenters. The molecule has 1 aliphatic heterocycles. The Labute approximate surface area is 126 Å². The van der Waals surface area contributed by atoms with Gasteiger partial charge in [0.05, 0.1) is 6.54 Å². The van der Waals surface area contributed by atoms with Crippen molar-refractivity contribution in [1.29, 1.82) is 0 Å². The zero-order valence-corrected chi connectivity index (χ0v) is 12.6. The lowest BCUT2D eigenvalue weighted by atomic mass is 9.98. The molecule has 3 rings (SSSR count). The zero-order valence-electron chi connectivity index (χ0n) is 12.6. The Balaban J connectivity index is 1.94. The molecule has 1 saturated heterocycles. The van der Waals surface area contributed by atoms with Gasteiger partial charge in [0.15, 0.2) is 0 Å². The number of rotatable bonds is 2. The lowest BCUT2D eigenvalue weighted by Crippen LogP contribution is -2.44. The second kappa shape index (κ2) is 4.82. The van der Waals surface area contributed by atoms with Crippen LogP contribution >= 0.6 is 0 Å². The van der Waals surface area contributed by atoms with E-state index in [1.54, 1.807) is 0 Å². The third kappa shape index (κ3) is 1.98. The Morgan fingerprint density at radius 3 is 2.36 bits per heavy atom. The maximum atomic E-state index is 12.6. The first-order valence-corrected chi connectivity index (χ1v) is 7.26. The average Bonchev–Trinajstić information content (AvgIpc) is 3.03. The molecule has 1 saturated carbocycles. The first kappa shape index (κ1) is 14.6. The standard InChI is InChI=1S/C14H18N4O4/c1-16-9(7-10(19)17(2)13(16)22)8-18-11(20)14(15-12(18)21)5-3-4-6-14/h7H,3-6,8H2,1-2H3,(H,15,21). The molecular weight excluding hydrogens is 288 g/mol. The van der Waals surface area contributed by atoms with E-state index in [0.717, 1.165) is 22.3 Å². The normalized spacial score (nSPS) is 20.0. The molecule has 0 radical (unpaired) electrons. The summed E-state index contributed by atoms with van der Waals surface area (Å²) in [4.78, 5) is 49.4. The monoisotopic (exact) mass is 306 g/mol. The predicted molar refractivity (Wildman–Crippen MR) is 77.2 cm³/mol. The Morgan fingerprint density at radius 2 is 1.73 bits per heavy atom. The number of hydrogen-bond acceptors (Lipinski definition) is 4. The molecule has 8 heteroatoms. The summed E-state index contributed by atoms with van der Waals surface area (Å²) >= 11 is 0. The van der Waals surface area contributed by atoms with E-state index < -0.39 is 22.8 Å². The summed E-state index contributed by atoms with van der Waals surface area (Å²) in [5.74, 6) is -0.261. The van der Waals surface area contributed by atoms with Crippen molar-refractivity contribution in [3.05, 3.63) is 32.6 Å². The van der Waals surface area contributed by atoms with E-state index in [0.29, 0.717) is 18.5 Å². The quantitative estimate of drug-likeness (QED) is 0.742. The molecule has 2 fully saturated rings. The fourth-order valence-electron chi connectivity index (χ4n) is 3.23. The van der Waals surface area contributed by atoms with Gasteiger partial charge in [-0.15, -0.1) is 0 Å². The summed E-state index contributed by atoms with van der Waals surface area (Å²) in [6, 6.07) is 0.821. The van der Waals surface area contributed by atoms with Gasteiger partial charge in [-0.25, -0.2) is 9.59 Å². The molecule has 22 heavy (non-hydrogen) atoms. The van der Waals surface area contributed by atoms with Crippen LogP contribution in [-0.2, 0) is 25.4 Å². The van der Waals surface area contributed by atoms with Crippen LogP contribution in [0.25, 0.3) is 0 Å². The molecule has 0 aromatic carbocycles. The van der Waals surface area contributed by atoms with Crippen molar-refractivity contribution >= 4 is 11.9 Å². The van der Waals surface area contributed by atoms with Gasteiger partial charge in [-0.3, -0.25) is 23.6 Å². The van der Waals surface area contributed by atoms with Gasteiger partial charge in [-0.05, 0) is 12.8 Å². The van der Waals surface area contributed by atoms with Crippen LogP contribution in [0.15, 0.2) is 15.7 Å². The van der Waals surface area contributed by atoms with Crippen LogP contribution in [-0.4, -0.2) is 31.5 Å². The summed E-state index contributed by atoms with van der Waals surface area (Å²) in [7, 11) is 2.90. The Bertz CT molecular complexity index is 770. The minimum atomic E-state index is -0.782. The zero-order chi connectivity index (χ0) is 16.1. The number of amides is 3. The molecular formula is C14H18N4O4. The summed E-state index contributed by atoms with van der Waals surface area (Å²) in [6.45, 7) is -0.0752. The number of carbonyl (C=O) groups excluding carboxylic acids is 2. The summed E-state index contributed by atoms with van der Waals surface area (Å²) in [5.41, 5.74) is -1.38. The molecule has 1 aromatic heterocycles. The van der Waals surface area contributed by atoms with Crippen LogP contribution in [0.4, 0.5) is 4.79 Å². The van der Waals surface area contributed by atoms with Crippen molar-refractivity contribution in [3.8, 4) is 0 Å². The minimum absolute atomic E-state index is 0.0752. The molecule has 8 nitrogen and oxygen atoms in total. The highest BCUT2D eigenvalue weighted by Gasteiger charge is 2.52. The Kier molecular flexibility index (Phi) is 3.19. The highest BCUT2D eigenvalue weighted by molar-refractivity contribution is 6.07. The van der Waals surface area contributed by atoms with Gasteiger partial charge >= 0.3 is 11.7 Å². The largest absolute Gasteiger partial charge is 0.330 e. The molecule has 1 spiro atoms. The minimum Gasteiger partial charge on any atom is -0.323 e. The number of nitrogens with one attached hydrogen (secondary N) is 1. The molecule has 1 aromatic rings. The first-order valence-electron chi connectivity index (χ1n) is 7.26. The molecule has 0 unspecified atom stereocenters. The number of hydrogen-bond donors (Lipinski definition) is 1. The third-order valence-electron chi connectivity index (χ3n) is 4.65. The van der Waals surface area contributed by atoms with Crippen molar-refractivity contribution in [1.82, 2.24) is 19.4 Å². The maximum Gasteiger partial charge on any atom is 0.330 e. The third-order valence-corrected chi connectivity index (χ3v) is 4.65. The molecule has 118 valence electrons. The average molecular weight is 306 g/mol. The molecule has 2 aliphatic rings. The molecule has 1 aliphatic carbocycles. The van der Waals surface area contributed by atoms with Gasteiger partial charge in [0.1, 0.15) is 5.54 Å². The highest BCUT2D eigenvalue weighted by Crippen LogP contribution is 2.35. The summed E-state index contributed by atoms with van der Waals surface area (Å²) in [6.07, 6.45) is 3.10. The number of carbonyl (C=O) groups is 2. The number of urea groups is 1. The van der Waals surface area contributed by atoms with Crippen LogP contribution in [0.1, 0.15) is 31.4 Å². The smallest absolute Gasteiger partial charge is 0.323 e. The van der Waals surface area contributed by atoms with Crippen LogP contribution in [0, 0.1) is 0 Å². The summed E-state index contributed by atoms with van der Waals surface area (Å²) < 4.78 is 2.26. The van der Waals surface area contributed by atoms with E-state index in [1.165, 1.54) is 24.7 Å². The van der Waals surface area contributed by atoms with Gasteiger partial charge in [0.2, 0.25) is 0 Å². The first-order chi connectivity index (χ1) is 10.4. The Hall–Kier alpha value is -2.38. The topological polar surface area (TPSA) is 93.4 Å². The predicted octanol–water partition coefficient (Wildman–Crippen LogP) is -0.551. The lowest BCUT2D eigenvalue weighted by molar-refractivity contribution is -0.131. The van der Waals surface area contributed by atoms with Crippen LogP contribution in [0.2, 0.25) is 0 Å². The molecule has 3 amide bonds. The van der Waals surface area contributed by atoms with Gasteiger partial charge in [-0.2, -0.15) is 0 Å². The van der Waals surface area contributed by atoms with E-state index in [1.807, 2.05) is 0 Å². The fourth-order valence-corrected chi connectivity index (χ4v) is 3.23. The van der Waals surface area contributed by atoms with Crippen molar-refractivity contribution in [2.45, 2.75) is 37.8 Å². The highest BCUT2D eigenvalue weighted by atomic mass is 16.2. The fraction of sp³-hybridized carbons (Fsp3) is 0.571. The van der Waals surface area contributed by atoms with Crippen molar-refractivity contribution in [2.75, 3.05) is 0 Å².